The van der Waals surface area contributed by atoms with Gasteiger partial charge in [-0.1, -0.05) is 53.1 Å². The van der Waals surface area contributed by atoms with Crippen molar-refractivity contribution in [3.63, 3.8) is 0 Å². The Morgan fingerprint density at radius 3 is 2.32 bits per heavy atom. The van der Waals surface area contributed by atoms with Crippen LogP contribution in [0.1, 0.15) is 29.9 Å². The number of halogens is 2. The van der Waals surface area contributed by atoms with E-state index in [2.05, 4.69) is 5.43 Å². The van der Waals surface area contributed by atoms with Crippen LogP contribution in [-0.4, -0.2) is 66.1 Å². The monoisotopic (exact) mass is 719 g/mol. The number of allylic oxidation sites excluding steroid dienone is 2. The van der Waals surface area contributed by atoms with E-state index in [1.54, 1.807) is 48.5 Å². The number of carbonyl (C=O) groups is 5. The van der Waals surface area contributed by atoms with Gasteiger partial charge in [-0.05, 0) is 66.8 Å². The molecule has 3 aromatic carbocycles. The van der Waals surface area contributed by atoms with Crippen LogP contribution in [0.4, 0.5) is 10.5 Å². The number of hydrogen-bond donors (Lipinski definition) is 2. The van der Waals surface area contributed by atoms with Crippen LogP contribution in [0.2, 0.25) is 10.0 Å². The molecule has 2 aliphatic carbocycles. The standard InChI is InChI=1S/C36H31Cl2N3O9/c1-48-19-10-7-17(8-11-19)36-23(32(44)41(34(36)46)39-25-14-9-18(37)15-24(25)38)16-22-20(30(36)29-26(42)5-4-6-27(29)49-2)12-13-21-28(22)33(45)40(31(21)43)35(47)50-3/h4-12,14-15,21-23,28,30,39,42H,13,16H2,1-3H3/t21-,22+,23-,28-,30+,36+/m0/s1. The number of nitrogens with zero attached hydrogens (tertiary/aromatic N) is 2. The first-order valence-corrected chi connectivity index (χ1v) is 16.5. The average molecular weight is 721 g/mol. The lowest BCUT2D eigenvalue weighted by Crippen LogP contribution is -2.53. The number of nitrogens with one attached hydrogen (secondary N) is 1. The Balaban J connectivity index is 1.49. The number of fused-ring (bicyclic) bond motifs is 4. The fourth-order valence-corrected chi connectivity index (χ4v) is 8.88. The number of carbonyl (C=O) groups excluding carboxylic acids is 5. The van der Waals surface area contributed by atoms with E-state index in [-0.39, 0.29) is 40.6 Å². The number of phenolic OH excluding ortho intramolecular Hbond substituents is 1. The molecule has 258 valence electrons. The minimum atomic E-state index is -1.72. The number of imide groups is 4. The predicted octanol–water partition coefficient (Wildman–Crippen LogP) is 5.47. The summed E-state index contributed by atoms with van der Waals surface area (Å²) in [6.45, 7) is 0. The van der Waals surface area contributed by atoms with Gasteiger partial charge in [0.15, 0.2) is 0 Å². The molecule has 7 rings (SSSR count). The van der Waals surface area contributed by atoms with Crippen molar-refractivity contribution >= 4 is 58.6 Å². The average Bonchev–Trinajstić information content (AvgIpc) is 3.49. The highest BCUT2D eigenvalue weighted by Gasteiger charge is 2.71. The molecule has 50 heavy (non-hydrogen) atoms. The molecule has 0 spiro atoms. The van der Waals surface area contributed by atoms with E-state index in [0.717, 1.165) is 12.1 Å². The molecule has 0 unspecified atom stereocenters. The second-order valence-electron chi connectivity index (χ2n) is 12.6. The van der Waals surface area contributed by atoms with Gasteiger partial charge in [0.1, 0.15) is 17.2 Å². The maximum atomic E-state index is 15.3. The van der Waals surface area contributed by atoms with E-state index >= 15 is 4.79 Å². The molecule has 2 N–H and O–H groups in total. The van der Waals surface area contributed by atoms with Gasteiger partial charge in [-0.3, -0.25) is 24.6 Å². The van der Waals surface area contributed by atoms with Crippen LogP contribution in [-0.2, 0) is 29.3 Å². The number of methoxy groups -OCH3 is 3. The molecule has 2 aliphatic heterocycles. The summed E-state index contributed by atoms with van der Waals surface area (Å²) < 4.78 is 16.0. The highest BCUT2D eigenvalue weighted by Crippen LogP contribution is 2.66. The summed E-state index contributed by atoms with van der Waals surface area (Å²) in [7, 11) is 4.01. The first-order chi connectivity index (χ1) is 24.0. The van der Waals surface area contributed by atoms with Gasteiger partial charge in [-0.2, -0.15) is 9.91 Å². The van der Waals surface area contributed by atoms with Crippen molar-refractivity contribution in [1.29, 1.82) is 0 Å². The molecule has 12 nitrogen and oxygen atoms in total. The zero-order chi connectivity index (χ0) is 35.6. The zero-order valence-corrected chi connectivity index (χ0v) is 28.5. The largest absolute Gasteiger partial charge is 0.508 e. The third kappa shape index (κ3) is 4.68. The molecule has 2 saturated heterocycles. The highest BCUT2D eigenvalue weighted by atomic mass is 35.5. The molecular formula is C36H31Cl2N3O9. The van der Waals surface area contributed by atoms with E-state index in [1.165, 1.54) is 32.4 Å². The summed E-state index contributed by atoms with van der Waals surface area (Å²) in [4.78, 5) is 70.7. The zero-order valence-electron chi connectivity index (χ0n) is 27.0. The Morgan fingerprint density at radius 1 is 0.920 bits per heavy atom. The number of hydrazine groups is 1. The highest BCUT2D eigenvalue weighted by molar-refractivity contribution is 6.36. The number of amides is 5. The van der Waals surface area contributed by atoms with Crippen LogP contribution >= 0.6 is 23.2 Å². The summed E-state index contributed by atoms with van der Waals surface area (Å²) in [6, 6.07) is 16.0. The smallest absolute Gasteiger partial charge is 0.423 e. The maximum absolute atomic E-state index is 15.3. The molecule has 14 heteroatoms. The molecule has 6 atom stereocenters. The van der Waals surface area contributed by atoms with Crippen LogP contribution in [0, 0.1) is 23.7 Å². The second kappa shape index (κ2) is 12.4. The fourth-order valence-electron chi connectivity index (χ4n) is 8.43. The molecule has 0 aromatic heterocycles. The van der Waals surface area contributed by atoms with E-state index in [9.17, 15) is 24.3 Å². The van der Waals surface area contributed by atoms with Gasteiger partial charge in [-0.15, -0.1) is 0 Å². The quantitative estimate of drug-likeness (QED) is 0.248. The fraction of sp³-hybridized carbons (Fsp3) is 0.306. The molecular weight excluding hydrogens is 689 g/mol. The van der Waals surface area contributed by atoms with Gasteiger partial charge in [0.05, 0.1) is 55.2 Å². The summed E-state index contributed by atoms with van der Waals surface area (Å²) in [5, 5.41) is 13.0. The third-order valence-corrected chi connectivity index (χ3v) is 11.0. The van der Waals surface area contributed by atoms with Crippen LogP contribution in [0.15, 0.2) is 72.3 Å². The van der Waals surface area contributed by atoms with Crippen molar-refractivity contribution in [2.24, 2.45) is 23.7 Å². The van der Waals surface area contributed by atoms with Gasteiger partial charge in [0.25, 0.3) is 11.8 Å². The number of phenols is 1. The Kier molecular flexibility index (Phi) is 8.26. The minimum absolute atomic E-state index is 0.0451. The van der Waals surface area contributed by atoms with Crippen molar-refractivity contribution in [1.82, 2.24) is 9.91 Å². The van der Waals surface area contributed by atoms with E-state index in [1.807, 2.05) is 0 Å². The molecule has 3 aromatic rings. The van der Waals surface area contributed by atoms with E-state index < -0.39 is 64.7 Å². The third-order valence-electron chi connectivity index (χ3n) is 10.5. The number of hydrogen-bond acceptors (Lipinski definition) is 10. The van der Waals surface area contributed by atoms with Crippen LogP contribution < -0.4 is 14.9 Å². The molecule has 4 aliphatic rings. The van der Waals surface area contributed by atoms with Crippen molar-refractivity contribution in [3.8, 4) is 17.2 Å². The maximum Gasteiger partial charge on any atom is 0.423 e. The van der Waals surface area contributed by atoms with Gasteiger partial charge in [-0.25, -0.2) is 4.79 Å². The number of anilines is 1. The van der Waals surface area contributed by atoms with Crippen molar-refractivity contribution < 1.29 is 43.3 Å². The Hall–Kier alpha value is -5.07. The Morgan fingerprint density at radius 2 is 1.66 bits per heavy atom. The Bertz CT molecular complexity index is 2000. The summed E-state index contributed by atoms with van der Waals surface area (Å²) >= 11 is 12.6. The number of rotatable bonds is 6. The summed E-state index contributed by atoms with van der Waals surface area (Å²) in [5.74, 6) is -7.14. The molecule has 3 fully saturated rings. The van der Waals surface area contributed by atoms with Crippen LogP contribution in [0.3, 0.4) is 0 Å². The van der Waals surface area contributed by atoms with Crippen molar-refractivity contribution in [3.05, 3.63) is 93.5 Å². The minimum Gasteiger partial charge on any atom is -0.508 e. The molecule has 2 heterocycles. The van der Waals surface area contributed by atoms with Gasteiger partial charge in [0, 0.05) is 16.5 Å². The number of ether oxygens (including phenoxy) is 3. The van der Waals surface area contributed by atoms with Crippen LogP contribution in [0.5, 0.6) is 17.2 Å². The van der Waals surface area contributed by atoms with E-state index in [4.69, 9.17) is 37.4 Å². The predicted molar refractivity (Wildman–Crippen MR) is 180 cm³/mol. The lowest BCUT2D eigenvalue weighted by atomic mass is 9.49. The van der Waals surface area contributed by atoms with E-state index in [0.29, 0.717) is 26.8 Å². The molecule has 0 bridgehead atoms. The number of likely N-dealkylation sites (tertiary alicyclic amines) is 1. The lowest BCUT2D eigenvalue weighted by Gasteiger charge is -2.50. The number of aromatic hydroxyl groups is 1. The Labute approximate surface area is 296 Å². The number of benzene rings is 3. The van der Waals surface area contributed by atoms with Crippen LogP contribution in [0.25, 0.3) is 0 Å². The molecule has 0 radical (unpaired) electrons. The first kappa shape index (κ1) is 33.4. The molecule has 1 saturated carbocycles. The van der Waals surface area contributed by atoms with Gasteiger partial charge >= 0.3 is 6.09 Å². The normalized spacial score (nSPS) is 27.0. The second-order valence-corrected chi connectivity index (χ2v) is 13.4. The van der Waals surface area contributed by atoms with Gasteiger partial charge in [0.2, 0.25) is 11.8 Å². The topological polar surface area (TPSA) is 152 Å². The molecule has 5 amide bonds. The summed E-state index contributed by atoms with van der Waals surface area (Å²) in [5.41, 5.74) is 2.65. The van der Waals surface area contributed by atoms with Gasteiger partial charge < -0.3 is 19.3 Å². The van der Waals surface area contributed by atoms with Crippen molar-refractivity contribution in [2.75, 3.05) is 26.8 Å². The SMILES string of the molecule is COC(=O)N1C(=O)[C@H]2[C@H](CC=C3[C@H]2C[C@H]2C(=O)N(Nc4ccc(Cl)cc4Cl)C(=O)[C@@]2(c2ccc(OC)cc2)[C@H]3c2c(O)cccc2OC)C1=O. The first-order valence-electron chi connectivity index (χ1n) is 15.8. The lowest BCUT2D eigenvalue weighted by molar-refractivity contribution is -0.140. The van der Waals surface area contributed by atoms with Crippen molar-refractivity contribution in [2.45, 2.75) is 24.2 Å². The summed E-state index contributed by atoms with van der Waals surface area (Å²) in [6.07, 6.45) is 0.714.